The van der Waals surface area contributed by atoms with Crippen molar-refractivity contribution in [1.29, 1.82) is 0 Å². The summed E-state index contributed by atoms with van der Waals surface area (Å²) < 4.78 is 20.7. The van der Waals surface area contributed by atoms with E-state index in [-0.39, 0.29) is 5.82 Å². The van der Waals surface area contributed by atoms with Crippen LogP contribution in [0, 0.1) is 5.82 Å². The number of aromatic nitrogens is 1. The summed E-state index contributed by atoms with van der Waals surface area (Å²) in [4.78, 5) is 4.57. The van der Waals surface area contributed by atoms with Gasteiger partial charge in [-0.15, -0.1) is 6.58 Å². The summed E-state index contributed by atoms with van der Waals surface area (Å²) in [6, 6.07) is 17.6. The molecular formula is C32H38FNO. The highest BCUT2D eigenvalue weighted by Gasteiger charge is 2.07. The van der Waals surface area contributed by atoms with Gasteiger partial charge in [-0.25, -0.2) is 4.39 Å². The fourth-order valence-electron chi connectivity index (χ4n) is 4.03. The van der Waals surface area contributed by atoms with Crippen LogP contribution in [0.25, 0.3) is 28.5 Å². The predicted molar refractivity (Wildman–Crippen MR) is 147 cm³/mol. The van der Waals surface area contributed by atoms with Gasteiger partial charge in [0.1, 0.15) is 5.82 Å². The Morgan fingerprint density at radius 1 is 1.00 bits per heavy atom. The Morgan fingerprint density at radius 3 is 2.49 bits per heavy atom. The van der Waals surface area contributed by atoms with E-state index in [1.807, 2.05) is 36.4 Å². The molecular weight excluding hydrogens is 433 g/mol. The number of benzene rings is 2. The van der Waals surface area contributed by atoms with Crippen LogP contribution in [0.4, 0.5) is 4.39 Å². The first-order valence-corrected chi connectivity index (χ1v) is 12.8. The van der Waals surface area contributed by atoms with Crippen molar-refractivity contribution in [1.82, 2.24) is 4.98 Å². The van der Waals surface area contributed by atoms with E-state index in [2.05, 4.69) is 55.8 Å². The van der Waals surface area contributed by atoms with Gasteiger partial charge in [-0.3, -0.25) is 4.98 Å². The number of nitrogens with zero attached hydrogens (tertiary/aromatic N) is 1. The number of unbranched alkanes of at least 4 members (excludes halogenated alkanes) is 3. The molecule has 0 spiro atoms. The zero-order chi connectivity index (χ0) is 24.9. The van der Waals surface area contributed by atoms with Crippen LogP contribution in [-0.2, 0) is 11.2 Å². The van der Waals surface area contributed by atoms with Gasteiger partial charge in [0, 0.05) is 29.5 Å². The molecule has 0 fully saturated rings. The highest BCUT2D eigenvalue weighted by molar-refractivity contribution is 5.68. The molecule has 3 heteroatoms. The maximum Gasteiger partial charge on any atom is 0.131 e. The molecule has 1 aromatic heterocycles. The van der Waals surface area contributed by atoms with Crippen molar-refractivity contribution >= 4 is 6.08 Å². The van der Waals surface area contributed by atoms with Crippen LogP contribution in [0.2, 0.25) is 0 Å². The number of hydrogen-bond donors (Lipinski definition) is 0. The second-order valence-electron chi connectivity index (χ2n) is 9.08. The quantitative estimate of drug-likeness (QED) is 0.173. The Kier molecular flexibility index (Phi) is 10.9. The second-order valence-corrected chi connectivity index (χ2v) is 9.08. The molecule has 0 radical (unpaired) electrons. The molecule has 0 aliphatic heterocycles. The van der Waals surface area contributed by atoms with Gasteiger partial charge >= 0.3 is 0 Å². The molecule has 3 rings (SSSR count). The molecule has 3 aromatic rings. The lowest BCUT2D eigenvalue weighted by molar-refractivity contribution is 0.0566. The van der Waals surface area contributed by atoms with E-state index in [0.717, 1.165) is 61.1 Å². The van der Waals surface area contributed by atoms with Crippen LogP contribution >= 0.6 is 0 Å². The Labute approximate surface area is 210 Å². The average molecular weight is 472 g/mol. The van der Waals surface area contributed by atoms with Crippen LogP contribution in [0.15, 0.2) is 79.5 Å². The lowest BCUT2D eigenvalue weighted by Gasteiger charge is -2.12. The minimum absolute atomic E-state index is 0.232. The Morgan fingerprint density at radius 2 is 1.80 bits per heavy atom. The zero-order valence-corrected chi connectivity index (χ0v) is 21.2. The van der Waals surface area contributed by atoms with E-state index in [0.29, 0.717) is 11.7 Å². The summed E-state index contributed by atoms with van der Waals surface area (Å²) >= 11 is 0. The number of allylic oxidation sites excluding steroid dienone is 2. The number of hydrogen-bond acceptors (Lipinski definition) is 2. The number of rotatable bonds is 14. The van der Waals surface area contributed by atoms with Gasteiger partial charge in [0.2, 0.25) is 0 Å². The van der Waals surface area contributed by atoms with Crippen LogP contribution in [0.5, 0.6) is 0 Å². The molecule has 2 nitrogen and oxygen atoms in total. The molecule has 0 aliphatic carbocycles. The van der Waals surface area contributed by atoms with Crippen molar-refractivity contribution in [3.05, 3.63) is 96.5 Å². The first kappa shape index (κ1) is 26.6. The third-order valence-electron chi connectivity index (χ3n) is 6.14. The summed E-state index contributed by atoms with van der Waals surface area (Å²) in [5.41, 5.74) is 5.36. The molecule has 0 aliphatic rings. The third kappa shape index (κ3) is 8.60. The van der Waals surface area contributed by atoms with E-state index in [4.69, 9.17) is 4.74 Å². The van der Waals surface area contributed by atoms with E-state index in [1.54, 1.807) is 12.3 Å². The molecule has 35 heavy (non-hydrogen) atoms. The Balaban J connectivity index is 1.51. The molecule has 0 amide bonds. The van der Waals surface area contributed by atoms with E-state index in [1.165, 1.54) is 18.4 Å². The molecule has 0 saturated heterocycles. The largest absolute Gasteiger partial charge is 0.379 e. The van der Waals surface area contributed by atoms with E-state index in [9.17, 15) is 4.39 Å². The summed E-state index contributed by atoms with van der Waals surface area (Å²) in [6.07, 6.45) is 15.6. The topological polar surface area (TPSA) is 22.1 Å². The van der Waals surface area contributed by atoms with Crippen molar-refractivity contribution in [3.63, 3.8) is 0 Å². The monoisotopic (exact) mass is 471 g/mol. The van der Waals surface area contributed by atoms with Gasteiger partial charge in [-0.1, -0.05) is 80.5 Å². The van der Waals surface area contributed by atoms with Crippen molar-refractivity contribution in [2.45, 2.75) is 64.9 Å². The smallest absolute Gasteiger partial charge is 0.131 e. The van der Waals surface area contributed by atoms with Gasteiger partial charge in [0.15, 0.2) is 0 Å². The number of pyridine rings is 1. The van der Waals surface area contributed by atoms with Crippen LogP contribution in [0.1, 0.15) is 63.5 Å². The third-order valence-corrected chi connectivity index (χ3v) is 6.14. The second kappa shape index (κ2) is 14.4. The fraction of sp³-hybridized carbons (Fsp3) is 0.344. The first-order valence-electron chi connectivity index (χ1n) is 12.8. The van der Waals surface area contributed by atoms with Crippen LogP contribution in [-0.4, -0.2) is 17.7 Å². The Hall–Kier alpha value is -3.04. The van der Waals surface area contributed by atoms with Crippen molar-refractivity contribution in [2.24, 2.45) is 0 Å². The molecule has 1 heterocycles. The number of halogens is 1. The summed E-state index contributed by atoms with van der Waals surface area (Å²) in [6.45, 7) is 8.98. The molecule has 184 valence electrons. The summed E-state index contributed by atoms with van der Waals surface area (Å²) in [5, 5.41) is 0. The summed E-state index contributed by atoms with van der Waals surface area (Å²) in [7, 11) is 0. The maximum atomic E-state index is 14.8. The van der Waals surface area contributed by atoms with Crippen molar-refractivity contribution < 1.29 is 9.13 Å². The average Bonchev–Trinajstić information content (AvgIpc) is 2.87. The van der Waals surface area contributed by atoms with Gasteiger partial charge in [0.05, 0.1) is 11.8 Å². The maximum absolute atomic E-state index is 14.8. The van der Waals surface area contributed by atoms with Gasteiger partial charge < -0.3 is 4.74 Å². The minimum atomic E-state index is -0.232. The van der Waals surface area contributed by atoms with Gasteiger partial charge in [0.25, 0.3) is 0 Å². The SMILES string of the molecule is C=CCc1ccc(-c2ccc(-c3ccc(/C=C/CCCC(C)OCCCCC)cc3F)cn2)cc1. The lowest BCUT2D eigenvalue weighted by Crippen LogP contribution is -2.08. The van der Waals surface area contributed by atoms with Crippen LogP contribution in [0.3, 0.4) is 0 Å². The summed E-state index contributed by atoms with van der Waals surface area (Å²) in [5.74, 6) is -0.232. The Bertz CT molecular complexity index is 1070. The van der Waals surface area contributed by atoms with Gasteiger partial charge in [-0.05, 0) is 62.3 Å². The first-order chi connectivity index (χ1) is 17.1. The molecule has 0 saturated carbocycles. The molecule has 1 unspecified atom stereocenters. The van der Waals surface area contributed by atoms with Crippen LogP contribution < -0.4 is 0 Å². The lowest BCUT2D eigenvalue weighted by atomic mass is 10.0. The van der Waals surface area contributed by atoms with Crippen molar-refractivity contribution in [2.75, 3.05) is 6.61 Å². The molecule has 0 bridgehead atoms. The highest BCUT2D eigenvalue weighted by Crippen LogP contribution is 2.26. The van der Waals surface area contributed by atoms with E-state index < -0.39 is 0 Å². The molecule has 0 N–H and O–H groups in total. The normalized spacial score (nSPS) is 12.2. The van der Waals surface area contributed by atoms with E-state index >= 15 is 0 Å². The molecule has 1 atom stereocenters. The van der Waals surface area contributed by atoms with Crippen molar-refractivity contribution in [3.8, 4) is 22.4 Å². The standard InChI is InChI=1S/C32H38FNO/c1-4-6-10-22-35-25(3)12-8-7-9-13-27-16-20-30(31(33)23-27)29-19-21-32(34-24-29)28-17-14-26(11-5-2)15-18-28/h5,9,13-21,23-25H,2,4,6-8,10-12,22H2,1,3H3/b13-9+. The predicted octanol–water partition coefficient (Wildman–Crippen LogP) is 9.06. The highest BCUT2D eigenvalue weighted by atomic mass is 19.1. The minimum Gasteiger partial charge on any atom is -0.379 e. The number of ether oxygens (including phenoxy) is 1. The molecule has 2 aromatic carbocycles. The zero-order valence-electron chi connectivity index (χ0n) is 21.2. The van der Waals surface area contributed by atoms with Gasteiger partial charge in [-0.2, -0.15) is 0 Å². The fourth-order valence-corrected chi connectivity index (χ4v) is 4.03.